The Balaban J connectivity index is 1.68. The van der Waals surface area contributed by atoms with Crippen LogP contribution in [0.2, 0.25) is 0 Å². The first kappa shape index (κ1) is 19.6. The molecule has 1 aromatic heterocycles. The molecule has 2 fully saturated rings. The molecule has 1 N–H and O–H groups in total. The van der Waals surface area contributed by atoms with Crippen molar-refractivity contribution in [1.82, 2.24) is 20.2 Å². The number of nitrogens with zero attached hydrogens (tertiary/aromatic N) is 5. The highest BCUT2D eigenvalue weighted by Crippen LogP contribution is 2.28. The predicted molar refractivity (Wildman–Crippen MR) is 113 cm³/mol. The average molecular weight is 393 g/mol. The highest BCUT2D eigenvalue weighted by molar-refractivity contribution is 5.89. The predicted octanol–water partition coefficient (Wildman–Crippen LogP) is 2.44. The molecule has 0 bridgehead atoms. The van der Waals surface area contributed by atoms with Gasteiger partial charge in [-0.25, -0.2) is 9.97 Å². The molecule has 1 saturated heterocycles. The number of piperazine rings is 1. The van der Waals surface area contributed by atoms with Gasteiger partial charge in [0.25, 0.3) is 0 Å². The Kier molecular flexibility index (Phi) is 5.91. The fourth-order valence-electron chi connectivity index (χ4n) is 4.22. The van der Waals surface area contributed by atoms with E-state index < -0.39 is 5.92 Å². The smallest absolute Gasteiger partial charge is 0.243 e. The molecule has 4 rings (SSSR count). The maximum Gasteiger partial charge on any atom is 0.243 e. The molecule has 29 heavy (non-hydrogen) atoms. The van der Waals surface area contributed by atoms with Gasteiger partial charge in [-0.3, -0.25) is 4.79 Å². The molecule has 2 heterocycles. The SMILES string of the molecule is CN1CCN(c2nc3ccccc3nc2[C@@H](C#N)C(=O)NC2CCCCC2)CC1. The Morgan fingerprint density at radius 1 is 1.10 bits per heavy atom. The number of aromatic nitrogens is 2. The van der Waals surface area contributed by atoms with Gasteiger partial charge >= 0.3 is 0 Å². The number of likely N-dealkylation sites (N-methyl/N-ethyl adjacent to an activating group) is 1. The number of fused-ring (bicyclic) bond motifs is 1. The van der Waals surface area contributed by atoms with Gasteiger partial charge in [-0.15, -0.1) is 0 Å². The quantitative estimate of drug-likeness (QED) is 0.860. The van der Waals surface area contributed by atoms with Gasteiger partial charge in [0.1, 0.15) is 5.69 Å². The Labute approximate surface area is 171 Å². The van der Waals surface area contributed by atoms with E-state index in [2.05, 4.69) is 28.2 Å². The normalized spacial score (nSPS) is 19.7. The van der Waals surface area contributed by atoms with Gasteiger partial charge < -0.3 is 15.1 Å². The lowest BCUT2D eigenvalue weighted by Crippen LogP contribution is -2.46. The summed E-state index contributed by atoms with van der Waals surface area (Å²) in [5.74, 6) is -0.537. The van der Waals surface area contributed by atoms with Crippen molar-refractivity contribution in [2.24, 2.45) is 0 Å². The number of anilines is 1. The highest BCUT2D eigenvalue weighted by atomic mass is 16.2. The molecule has 0 radical (unpaired) electrons. The molecule has 2 aromatic rings. The van der Waals surface area contributed by atoms with E-state index in [1.807, 2.05) is 24.3 Å². The van der Waals surface area contributed by atoms with Gasteiger partial charge in [0.15, 0.2) is 11.7 Å². The Morgan fingerprint density at radius 3 is 2.41 bits per heavy atom. The minimum atomic E-state index is -0.955. The van der Waals surface area contributed by atoms with Crippen LogP contribution in [0, 0.1) is 11.3 Å². The lowest BCUT2D eigenvalue weighted by atomic mass is 9.94. The average Bonchev–Trinajstić information content (AvgIpc) is 2.75. The van der Waals surface area contributed by atoms with E-state index in [1.54, 1.807) is 0 Å². The van der Waals surface area contributed by atoms with Gasteiger partial charge in [0, 0.05) is 32.2 Å². The summed E-state index contributed by atoms with van der Waals surface area (Å²) >= 11 is 0. The van der Waals surface area contributed by atoms with Crippen LogP contribution in [0.15, 0.2) is 24.3 Å². The van der Waals surface area contributed by atoms with Crippen LogP contribution in [-0.4, -0.2) is 60.0 Å². The molecule has 1 aliphatic heterocycles. The second-order valence-electron chi connectivity index (χ2n) is 8.12. The van der Waals surface area contributed by atoms with Crippen molar-refractivity contribution in [1.29, 1.82) is 5.26 Å². The topological polar surface area (TPSA) is 85.2 Å². The lowest BCUT2D eigenvalue weighted by Gasteiger charge is -2.34. The molecule has 1 atom stereocenters. The fourth-order valence-corrected chi connectivity index (χ4v) is 4.22. The van der Waals surface area contributed by atoms with Crippen molar-refractivity contribution < 1.29 is 4.79 Å². The van der Waals surface area contributed by atoms with Crippen molar-refractivity contribution in [3.05, 3.63) is 30.0 Å². The zero-order chi connectivity index (χ0) is 20.2. The van der Waals surface area contributed by atoms with Crippen LogP contribution in [-0.2, 0) is 4.79 Å². The zero-order valence-electron chi connectivity index (χ0n) is 17.0. The van der Waals surface area contributed by atoms with Gasteiger partial charge in [-0.2, -0.15) is 5.26 Å². The first-order valence-electron chi connectivity index (χ1n) is 10.6. The molecule has 1 amide bonds. The number of nitrogens with one attached hydrogen (secondary N) is 1. The molecule has 152 valence electrons. The summed E-state index contributed by atoms with van der Waals surface area (Å²) in [5, 5.41) is 13.0. The fraction of sp³-hybridized carbons (Fsp3) is 0.545. The standard InChI is InChI=1S/C22H28N6O/c1-27-11-13-28(14-12-27)21-20(25-18-9-5-6-10-19(18)26-21)17(15-23)22(29)24-16-7-3-2-4-8-16/h5-6,9-10,16-17H,2-4,7-8,11-14H2,1H3,(H,24,29)/t17-/m1/s1. The number of rotatable bonds is 4. The maximum atomic E-state index is 13.0. The summed E-state index contributed by atoms with van der Waals surface area (Å²) in [4.78, 5) is 27.1. The highest BCUT2D eigenvalue weighted by Gasteiger charge is 2.31. The van der Waals surface area contributed by atoms with Crippen molar-refractivity contribution in [2.75, 3.05) is 38.1 Å². The van der Waals surface area contributed by atoms with Crippen LogP contribution in [0.5, 0.6) is 0 Å². The molecule has 7 nitrogen and oxygen atoms in total. The number of benzene rings is 1. The number of hydrogen-bond donors (Lipinski definition) is 1. The maximum absolute atomic E-state index is 13.0. The summed E-state index contributed by atoms with van der Waals surface area (Å²) in [5.41, 5.74) is 1.98. The van der Waals surface area contributed by atoms with Crippen molar-refractivity contribution in [3.63, 3.8) is 0 Å². The van der Waals surface area contributed by atoms with Gasteiger partial charge in [0.2, 0.25) is 5.91 Å². The molecule has 0 unspecified atom stereocenters. The number of para-hydroxylation sites is 2. The first-order valence-corrected chi connectivity index (χ1v) is 10.6. The summed E-state index contributed by atoms with van der Waals surface area (Å²) in [7, 11) is 2.10. The number of amides is 1. The molecule has 1 aromatic carbocycles. The second kappa shape index (κ2) is 8.75. The van der Waals surface area contributed by atoms with E-state index in [-0.39, 0.29) is 11.9 Å². The molecule has 2 aliphatic rings. The van der Waals surface area contributed by atoms with Crippen molar-refractivity contribution in [2.45, 2.75) is 44.1 Å². The Morgan fingerprint density at radius 2 is 1.76 bits per heavy atom. The molecular formula is C22H28N6O. The Bertz CT molecular complexity index is 909. The summed E-state index contributed by atoms with van der Waals surface area (Å²) in [6, 6.07) is 10.0. The van der Waals surface area contributed by atoms with Crippen LogP contribution >= 0.6 is 0 Å². The van der Waals surface area contributed by atoms with Gasteiger partial charge in [0.05, 0.1) is 17.1 Å². The van der Waals surface area contributed by atoms with Gasteiger partial charge in [-0.05, 0) is 32.0 Å². The van der Waals surface area contributed by atoms with E-state index >= 15 is 0 Å². The summed E-state index contributed by atoms with van der Waals surface area (Å²) < 4.78 is 0. The van der Waals surface area contributed by atoms with Gasteiger partial charge in [-0.1, -0.05) is 31.4 Å². The third-order valence-electron chi connectivity index (χ3n) is 6.00. The third kappa shape index (κ3) is 4.33. The molecular weight excluding hydrogens is 364 g/mol. The minimum Gasteiger partial charge on any atom is -0.352 e. The van der Waals surface area contributed by atoms with Crippen LogP contribution in [0.3, 0.4) is 0 Å². The van der Waals surface area contributed by atoms with Crippen LogP contribution in [0.1, 0.15) is 43.7 Å². The molecule has 1 saturated carbocycles. The largest absolute Gasteiger partial charge is 0.352 e. The second-order valence-corrected chi connectivity index (χ2v) is 8.12. The summed E-state index contributed by atoms with van der Waals surface area (Å²) in [6.45, 7) is 3.44. The van der Waals surface area contributed by atoms with Crippen molar-refractivity contribution in [3.8, 4) is 6.07 Å². The Hall–Kier alpha value is -2.72. The number of nitriles is 1. The molecule has 0 spiro atoms. The van der Waals surface area contributed by atoms with E-state index in [4.69, 9.17) is 9.97 Å². The van der Waals surface area contributed by atoms with E-state index in [9.17, 15) is 10.1 Å². The van der Waals surface area contributed by atoms with E-state index in [0.29, 0.717) is 17.0 Å². The first-order chi connectivity index (χ1) is 14.2. The van der Waals surface area contributed by atoms with E-state index in [1.165, 1.54) is 6.42 Å². The zero-order valence-corrected chi connectivity index (χ0v) is 17.0. The monoisotopic (exact) mass is 392 g/mol. The lowest BCUT2D eigenvalue weighted by molar-refractivity contribution is -0.122. The molecule has 1 aliphatic carbocycles. The van der Waals surface area contributed by atoms with E-state index in [0.717, 1.165) is 57.4 Å². The summed E-state index contributed by atoms with van der Waals surface area (Å²) in [6.07, 6.45) is 5.45. The number of carbonyl (C=O) groups excluding carboxylic acids is 1. The van der Waals surface area contributed by atoms with Crippen LogP contribution in [0.25, 0.3) is 11.0 Å². The van der Waals surface area contributed by atoms with Crippen molar-refractivity contribution >= 4 is 22.8 Å². The van der Waals surface area contributed by atoms with Crippen LogP contribution < -0.4 is 10.2 Å². The molecule has 7 heteroatoms. The third-order valence-corrected chi connectivity index (χ3v) is 6.00. The minimum absolute atomic E-state index is 0.160. The van der Waals surface area contributed by atoms with Crippen LogP contribution in [0.4, 0.5) is 5.82 Å². The number of hydrogen-bond acceptors (Lipinski definition) is 6. The number of carbonyl (C=O) groups is 1.